The van der Waals surface area contributed by atoms with Crippen LogP contribution in [0.2, 0.25) is 0 Å². The Morgan fingerprint density at radius 3 is 2.68 bits per heavy atom. The lowest BCUT2D eigenvalue weighted by atomic mass is 9.79. The topological polar surface area (TPSA) is 59.6 Å². The number of piperidine rings is 1. The second-order valence-corrected chi connectivity index (χ2v) is 6.98. The Morgan fingerprint density at radius 1 is 1.32 bits per heavy atom. The molecule has 2 rings (SSSR count). The van der Waals surface area contributed by atoms with Crippen LogP contribution in [0.15, 0.2) is 24.3 Å². The zero-order valence-electron chi connectivity index (χ0n) is 15.5. The van der Waals surface area contributed by atoms with Crippen LogP contribution in [0.1, 0.15) is 38.2 Å². The molecule has 25 heavy (non-hydrogen) atoms. The highest BCUT2D eigenvalue weighted by Gasteiger charge is 2.32. The van der Waals surface area contributed by atoms with Crippen LogP contribution in [0.4, 0.5) is 0 Å². The molecular formula is C19H31ClN2O3. The minimum Gasteiger partial charge on any atom is -0.484 e. The zero-order valence-corrected chi connectivity index (χ0v) is 16.3. The van der Waals surface area contributed by atoms with Crippen LogP contribution in [-0.4, -0.2) is 45.9 Å². The zero-order chi connectivity index (χ0) is 17.4. The standard InChI is InChI=1S/C19H30N2O3.ClH/c1-15(2)16-5-4-6-17(11-16)24-12-18(22)21-13-19(14-23-3)7-9-20-10-8-19;/h4-6,11,15,20H,7-10,12-14H2,1-3H3,(H,21,22);1H. The van der Waals surface area contributed by atoms with E-state index in [1.54, 1.807) is 7.11 Å². The Morgan fingerprint density at radius 2 is 2.04 bits per heavy atom. The minimum atomic E-state index is -0.0843. The first-order chi connectivity index (χ1) is 11.5. The summed E-state index contributed by atoms with van der Waals surface area (Å²) in [6, 6.07) is 7.92. The number of hydrogen-bond acceptors (Lipinski definition) is 4. The van der Waals surface area contributed by atoms with E-state index in [-0.39, 0.29) is 30.3 Å². The highest BCUT2D eigenvalue weighted by atomic mass is 35.5. The van der Waals surface area contributed by atoms with Crippen molar-refractivity contribution in [2.75, 3.05) is 40.0 Å². The van der Waals surface area contributed by atoms with Crippen molar-refractivity contribution in [2.45, 2.75) is 32.6 Å². The van der Waals surface area contributed by atoms with Crippen LogP contribution in [0.25, 0.3) is 0 Å². The van der Waals surface area contributed by atoms with Crippen molar-refractivity contribution < 1.29 is 14.3 Å². The van der Waals surface area contributed by atoms with Gasteiger partial charge in [-0.3, -0.25) is 4.79 Å². The van der Waals surface area contributed by atoms with E-state index in [1.807, 2.05) is 18.2 Å². The lowest BCUT2D eigenvalue weighted by molar-refractivity contribution is -0.124. The van der Waals surface area contributed by atoms with Crippen molar-refractivity contribution in [3.8, 4) is 5.75 Å². The molecule has 0 spiro atoms. The molecule has 0 unspecified atom stereocenters. The van der Waals surface area contributed by atoms with Gasteiger partial charge in [0.1, 0.15) is 5.75 Å². The fourth-order valence-electron chi connectivity index (χ4n) is 3.08. The van der Waals surface area contributed by atoms with Crippen LogP contribution in [0.5, 0.6) is 5.75 Å². The van der Waals surface area contributed by atoms with Gasteiger partial charge < -0.3 is 20.1 Å². The van der Waals surface area contributed by atoms with Crippen molar-refractivity contribution >= 4 is 18.3 Å². The first-order valence-corrected chi connectivity index (χ1v) is 8.74. The highest BCUT2D eigenvalue weighted by Crippen LogP contribution is 2.28. The summed E-state index contributed by atoms with van der Waals surface area (Å²) in [7, 11) is 1.72. The first-order valence-electron chi connectivity index (χ1n) is 8.74. The molecule has 1 aliphatic rings. The predicted octanol–water partition coefficient (Wildman–Crippen LogP) is 2.74. The number of nitrogens with one attached hydrogen (secondary N) is 2. The Bertz CT molecular complexity index is 526. The van der Waals surface area contributed by atoms with Gasteiger partial charge in [-0.15, -0.1) is 12.4 Å². The summed E-state index contributed by atoms with van der Waals surface area (Å²) in [5.74, 6) is 1.10. The summed E-state index contributed by atoms with van der Waals surface area (Å²) in [5, 5.41) is 6.37. The van der Waals surface area contributed by atoms with Gasteiger partial charge in [-0.2, -0.15) is 0 Å². The monoisotopic (exact) mass is 370 g/mol. The molecule has 1 heterocycles. The molecule has 1 amide bonds. The molecule has 0 aromatic heterocycles. The van der Waals surface area contributed by atoms with Crippen molar-refractivity contribution in [3.05, 3.63) is 29.8 Å². The predicted molar refractivity (Wildman–Crippen MR) is 103 cm³/mol. The molecule has 1 aromatic carbocycles. The van der Waals surface area contributed by atoms with E-state index in [0.29, 0.717) is 19.1 Å². The van der Waals surface area contributed by atoms with Crippen LogP contribution in [0, 0.1) is 5.41 Å². The van der Waals surface area contributed by atoms with Gasteiger partial charge in [-0.05, 0) is 49.5 Å². The third-order valence-corrected chi connectivity index (χ3v) is 4.67. The molecule has 0 saturated carbocycles. The Labute approximate surface area is 157 Å². The van der Waals surface area contributed by atoms with E-state index in [1.165, 1.54) is 5.56 Å². The van der Waals surface area contributed by atoms with Crippen molar-refractivity contribution in [3.63, 3.8) is 0 Å². The van der Waals surface area contributed by atoms with E-state index in [9.17, 15) is 4.79 Å². The fourth-order valence-corrected chi connectivity index (χ4v) is 3.08. The Kier molecular flexibility index (Phi) is 9.25. The van der Waals surface area contributed by atoms with E-state index in [2.05, 4.69) is 30.5 Å². The number of carbonyl (C=O) groups is 1. The first kappa shape index (κ1) is 21.7. The molecule has 0 aliphatic carbocycles. The van der Waals surface area contributed by atoms with Gasteiger partial charge in [0.25, 0.3) is 5.91 Å². The van der Waals surface area contributed by atoms with Gasteiger partial charge >= 0.3 is 0 Å². The number of methoxy groups -OCH3 is 1. The summed E-state index contributed by atoms with van der Waals surface area (Å²) in [4.78, 5) is 12.1. The van der Waals surface area contributed by atoms with Gasteiger partial charge in [-0.25, -0.2) is 0 Å². The SMILES string of the molecule is COCC1(CNC(=O)COc2cccc(C(C)C)c2)CCNCC1.Cl. The molecule has 0 radical (unpaired) electrons. The summed E-state index contributed by atoms with van der Waals surface area (Å²) in [5.41, 5.74) is 1.24. The molecule has 1 saturated heterocycles. The third kappa shape index (κ3) is 6.84. The Hall–Kier alpha value is -1.30. The lowest BCUT2D eigenvalue weighted by Crippen LogP contribution is -2.47. The molecule has 1 fully saturated rings. The van der Waals surface area contributed by atoms with Gasteiger partial charge in [0.2, 0.25) is 0 Å². The molecule has 0 atom stereocenters. The van der Waals surface area contributed by atoms with Crippen molar-refractivity contribution in [1.82, 2.24) is 10.6 Å². The second-order valence-electron chi connectivity index (χ2n) is 6.98. The fraction of sp³-hybridized carbons (Fsp3) is 0.632. The van der Waals surface area contributed by atoms with Gasteiger partial charge in [0, 0.05) is 19.1 Å². The molecule has 142 valence electrons. The van der Waals surface area contributed by atoms with Gasteiger partial charge in [-0.1, -0.05) is 26.0 Å². The number of hydrogen-bond donors (Lipinski definition) is 2. The quantitative estimate of drug-likeness (QED) is 0.738. The maximum Gasteiger partial charge on any atom is 0.257 e. The second kappa shape index (κ2) is 10.6. The maximum absolute atomic E-state index is 12.1. The average molecular weight is 371 g/mol. The van der Waals surface area contributed by atoms with E-state index >= 15 is 0 Å². The molecule has 0 bridgehead atoms. The van der Waals surface area contributed by atoms with E-state index in [4.69, 9.17) is 9.47 Å². The maximum atomic E-state index is 12.1. The van der Waals surface area contributed by atoms with Crippen molar-refractivity contribution in [1.29, 1.82) is 0 Å². The van der Waals surface area contributed by atoms with E-state index in [0.717, 1.165) is 31.7 Å². The summed E-state index contributed by atoms with van der Waals surface area (Å²) in [6.07, 6.45) is 2.02. The number of halogens is 1. The molecule has 1 aliphatic heterocycles. The average Bonchev–Trinajstić information content (AvgIpc) is 2.59. The molecular weight excluding hydrogens is 340 g/mol. The van der Waals surface area contributed by atoms with E-state index < -0.39 is 0 Å². The van der Waals surface area contributed by atoms with Crippen LogP contribution in [-0.2, 0) is 9.53 Å². The molecule has 1 aromatic rings. The molecule has 5 nitrogen and oxygen atoms in total. The lowest BCUT2D eigenvalue weighted by Gasteiger charge is -2.37. The number of amides is 1. The van der Waals surface area contributed by atoms with Crippen LogP contribution in [0.3, 0.4) is 0 Å². The number of benzene rings is 1. The summed E-state index contributed by atoms with van der Waals surface area (Å²) < 4.78 is 11.0. The van der Waals surface area contributed by atoms with Crippen LogP contribution < -0.4 is 15.4 Å². The summed E-state index contributed by atoms with van der Waals surface area (Å²) in [6.45, 7) is 7.57. The summed E-state index contributed by atoms with van der Waals surface area (Å²) >= 11 is 0. The molecule has 6 heteroatoms. The highest BCUT2D eigenvalue weighted by molar-refractivity contribution is 5.85. The molecule has 2 N–H and O–H groups in total. The van der Waals surface area contributed by atoms with Crippen LogP contribution >= 0.6 is 12.4 Å². The number of rotatable bonds is 8. The third-order valence-electron chi connectivity index (χ3n) is 4.67. The normalized spacial score (nSPS) is 16.2. The number of carbonyl (C=O) groups excluding carboxylic acids is 1. The smallest absolute Gasteiger partial charge is 0.257 e. The van der Waals surface area contributed by atoms with Crippen molar-refractivity contribution in [2.24, 2.45) is 5.41 Å². The minimum absolute atomic E-state index is 0. The number of ether oxygens (including phenoxy) is 2. The van der Waals surface area contributed by atoms with Gasteiger partial charge in [0.15, 0.2) is 6.61 Å². The Balaban J connectivity index is 0.00000312. The van der Waals surface area contributed by atoms with Gasteiger partial charge in [0.05, 0.1) is 6.61 Å². The largest absolute Gasteiger partial charge is 0.484 e.